The van der Waals surface area contributed by atoms with Gasteiger partial charge in [-0.25, -0.2) is 4.79 Å². The zero-order valence-corrected chi connectivity index (χ0v) is 25.3. The second-order valence-electron chi connectivity index (χ2n) is 10.0. The molecule has 0 spiro atoms. The fourth-order valence-electron chi connectivity index (χ4n) is 4.82. The van der Waals surface area contributed by atoms with Gasteiger partial charge in [0.1, 0.15) is 0 Å². The smallest absolute Gasteiger partial charge is 0.318 e. The molecule has 0 bridgehead atoms. The molecule has 0 radical (unpaired) electrons. The lowest BCUT2D eigenvalue weighted by Crippen LogP contribution is -2.41. The van der Waals surface area contributed by atoms with Crippen LogP contribution in [0.4, 0.5) is 4.79 Å². The molecule has 0 aromatic heterocycles. The van der Waals surface area contributed by atoms with Crippen molar-refractivity contribution in [3.05, 3.63) is 0 Å². The Labute approximate surface area is 244 Å². The molecule has 232 valence electrons. The predicted molar refractivity (Wildman–Crippen MR) is 155 cm³/mol. The van der Waals surface area contributed by atoms with Crippen molar-refractivity contribution in [3.63, 3.8) is 0 Å². The van der Waals surface area contributed by atoms with Gasteiger partial charge >= 0.3 is 12.0 Å². The Hall–Kier alpha value is -1.60. The van der Waals surface area contributed by atoms with E-state index in [0.29, 0.717) is 77.1 Å². The third-order valence-corrected chi connectivity index (χ3v) is 8.46. The number of hydrogen-bond donors (Lipinski definition) is 2. The van der Waals surface area contributed by atoms with Crippen LogP contribution in [-0.2, 0) is 33.3 Å². The lowest BCUT2D eigenvalue weighted by atomic mass is 10.0. The molecule has 2 fully saturated rings. The van der Waals surface area contributed by atoms with Crippen LogP contribution in [0.3, 0.4) is 0 Å². The van der Waals surface area contributed by atoms with Gasteiger partial charge in [0.15, 0.2) is 0 Å². The average Bonchev–Trinajstić information content (AvgIpc) is 3.48. The standard InChI is InChI=1S/C28H51N3O8S/c1-3-4-5-8-13-31-27-23(30-28(31)34)22-40-24(27)9-6-7-10-25(32)29-12-15-37-17-19-39-21-20-38-18-16-36-14-11-26(33)35-2/h23-24,27H,3-22H2,1-2H3,(H,29,32)(H,30,34). The average molecular weight is 590 g/mol. The van der Waals surface area contributed by atoms with Gasteiger partial charge in [0.05, 0.1) is 78.5 Å². The van der Waals surface area contributed by atoms with Crippen molar-refractivity contribution in [1.82, 2.24) is 15.5 Å². The molecule has 40 heavy (non-hydrogen) atoms. The summed E-state index contributed by atoms with van der Waals surface area (Å²) in [6.45, 7) is 7.03. The van der Waals surface area contributed by atoms with Gasteiger partial charge in [-0.3, -0.25) is 9.59 Å². The lowest BCUT2D eigenvalue weighted by molar-refractivity contribution is -0.142. The number of carbonyl (C=O) groups excluding carboxylic acids is 3. The number of rotatable bonds is 25. The summed E-state index contributed by atoms with van der Waals surface area (Å²) in [6.07, 6.45) is 8.32. The normalized spacial score (nSPS) is 20.0. The number of methoxy groups -OCH3 is 1. The molecule has 11 nitrogen and oxygen atoms in total. The molecule has 2 aliphatic rings. The Morgan fingerprint density at radius 1 is 0.900 bits per heavy atom. The van der Waals surface area contributed by atoms with Gasteiger partial charge in [0, 0.05) is 30.5 Å². The van der Waals surface area contributed by atoms with Crippen molar-refractivity contribution in [2.75, 3.05) is 78.8 Å². The van der Waals surface area contributed by atoms with E-state index in [9.17, 15) is 14.4 Å². The van der Waals surface area contributed by atoms with Gasteiger partial charge in [-0.1, -0.05) is 32.6 Å². The van der Waals surface area contributed by atoms with Crippen LogP contribution >= 0.6 is 11.8 Å². The van der Waals surface area contributed by atoms with Crippen LogP contribution in [0.25, 0.3) is 0 Å². The van der Waals surface area contributed by atoms with E-state index >= 15 is 0 Å². The zero-order chi connectivity index (χ0) is 28.8. The summed E-state index contributed by atoms with van der Waals surface area (Å²) in [5.41, 5.74) is 0. The van der Waals surface area contributed by atoms with Crippen molar-refractivity contribution in [2.45, 2.75) is 82.0 Å². The van der Waals surface area contributed by atoms with Gasteiger partial charge in [-0.2, -0.15) is 11.8 Å². The monoisotopic (exact) mass is 589 g/mol. The number of hydrogen-bond acceptors (Lipinski definition) is 9. The van der Waals surface area contributed by atoms with E-state index in [2.05, 4.69) is 27.2 Å². The van der Waals surface area contributed by atoms with Crippen molar-refractivity contribution in [2.24, 2.45) is 0 Å². The first-order valence-electron chi connectivity index (χ1n) is 14.9. The molecule has 0 aromatic carbocycles. The SMILES string of the molecule is CCCCCCN1C(=O)NC2CSC(CCCCC(=O)NCCOCCOCCOCCOCCC(=O)OC)C21. The van der Waals surface area contributed by atoms with E-state index in [4.69, 9.17) is 18.9 Å². The largest absolute Gasteiger partial charge is 0.469 e. The topological polar surface area (TPSA) is 125 Å². The first-order valence-corrected chi connectivity index (χ1v) is 15.9. The van der Waals surface area contributed by atoms with Crippen molar-refractivity contribution in [3.8, 4) is 0 Å². The number of fused-ring (bicyclic) bond motifs is 1. The molecule has 0 saturated carbocycles. The fourth-order valence-corrected chi connectivity index (χ4v) is 6.42. The highest BCUT2D eigenvalue weighted by molar-refractivity contribution is 8.00. The highest BCUT2D eigenvalue weighted by Gasteiger charge is 2.47. The maximum absolute atomic E-state index is 12.4. The Bertz CT molecular complexity index is 717. The molecule has 2 heterocycles. The highest BCUT2D eigenvalue weighted by Crippen LogP contribution is 2.37. The third-order valence-electron chi connectivity index (χ3n) is 6.97. The third kappa shape index (κ3) is 14.3. The molecule has 2 rings (SSSR count). The first-order chi connectivity index (χ1) is 19.6. The zero-order valence-electron chi connectivity index (χ0n) is 24.5. The van der Waals surface area contributed by atoms with E-state index in [1.54, 1.807) is 0 Å². The molecular formula is C28H51N3O8S. The number of nitrogens with zero attached hydrogens (tertiary/aromatic N) is 1. The first kappa shape index (κ1) is 34.6. The molecular weight excluding hydrogens is 538 g/mol. The Balaban J connectivity index is 1.37. The minimum atomic E-state index is -0.288. The van der Waals surface area contributed by atoms with E-state index < -0.39 is 0 Å². The molecule has 3 atom stereocenters. The van der Waals surface area contributed by atoms with Gasteiger partial charge in [0.25, 0.3) is 0 Å². The van der Waals surface area contributed by atoms with E-state index in [1.807, 2.05) is 11.8 Å². The number of ether oxygens (including phenoxy) is 5. The van der Waals surface area contributed by atoms with Gasteiger partial charge in [-0.05, 0) is 19.3 Å². The maximum Gasteiger partial charge on any atom is 0.318 e. The van der Waals surface area contributed by atoms with E-state index in [-0.39, 0.29) is 30.4 Å². The second-order valence-corrected chi connectivity index (χ2v) is 11.3. The minimum Gasteiger partial charge on any atom is -0.469 e. The second kappa shape index (κ2) is 22.1. The Morgan fingerprint density at radius 3 is 2.25 bits per heavy atom. The van der Waals surface area contributed by atoms with Crippen LogP contribution in [0.2, 0.25) is 0 Å². The number of urea groups is 1. The van der Waals surface area contributed by atoms with Crippen molar-refractivity contribution >= 4 is 29.7 Å². The Morgan fingerprint density at radius 2 is 1.57 bits per heavy atom. The summed E-state index contributed by atoms with van der Waals surface area (Å²) in [6, 6.07) is 0.671. The molecule has 3 unspecified atom stereocenters. The number of amides is 3. The summed E-state index contributed by atoms with van der Waals surface area (Å²) in [5.74, 6) is 0.754. The fraction of sp³-hybridized carbons (Fsp3) is 0.893. The number of thioether (sulfide) groups is 1. The molecule has 0 aromatic rings. The molecule has 12 heteroatoms. The lowest BCUT2D eigenvalue weighted by Gasteiger charge is -2.27. The molecule has 3 amide bonds. The van der Waals surface area contributed by atoms with Crippen LogP contribution in [-0.4, -0.2) is 119 Å². The molecule has 2 aliphatic heterocycles. The predicted octanol–water partition coefficient (Wildman–Crippen LogP) is 2.75. The van der Waals surface area contributed by atoms with Crippen molar-refractivity contribution < 1.29 is 38.1 Å². The van der Waals surface area contributed by atoms with E-state index in [1.165, 1.54) is 26.4 Å². The van der Waals surface area contributed by atoms with Gasteiger partial charge < -0.3 is 39.2 Å². The summed E-state index contributed by atoms with van der Waals surface area (Å²) in [4.78, 5) is 37.6. The number of esters is 1. The Kier molecular flexibility index (Phi) is 19.1. The number of carbonyl (C=O) groups is 3. The summed E-state index contributed by atoms with van der Waals surface area (Å²) in [7, 11) is 1.35. The summed E-state index contributed by atoms with van der Waals surface area (Å²) >= 11 is 1.97. The minimum absolute atomic E-state index is 0.0542. The van der Waals surface area contributed by atoms with Crippen LogP contribution in [0.1, 0.15) is 64.7 Å². The quantitative estimate of drug-likeness (QED) is 0.0940. The van der Waals surface area contributed by atoms with Crippen LogP contribution < -0.4 is 10.6 Å². The maximum atomic E-state index is 12.4. The van der Waals surface area contributed by atoms with Gasteiger partial charge in [-0.15, -0.1) is 0 Å². The van der Waals surface area contributed by atoms with Crippen LogP contribution in [0, 0.1) is 0 Å². The van der Waals surface area contributed by atoms with Crippen LogP contribution in [0.5, 0.6) is 0 Å². The molecule has 2 N–H and O–H groups in total. The summed E-state index contributed by atoms with van der Waals surface area (Å²) < 4.78 is 26.1. The van der Waals surface area contributed by atoms with Crippen molar-refractivity contribution in [1.29, 1.82) is 0 Å². The highest BCUT2D eigenvalue weighted by atomic mass is 32.2. The van der Waals surface area contributed by atoms with E-state index in [0.717, 1.165) is 38.0 Å². The molecule has 0 aliphatic carbocycles. The number of unbranched alkanes of at least 4 members (excludes halogenated alkanes) is 4. The van der Waals surface area contributed by atoms with Crippen LogP contribution in [0.15, 0.2) is 0 Å². The summed E-state index contributed by atoms with van der Waals surface area (Å²) in [5, 5.41) is 6.54. The number of nitrogens with one attached hydrogen (secondary N) is 2. The van der Waals surface area contributed by atoms with Gasteiger partial charge in [0.2, 0.25) is 5.91 Å². The molecule has 2 saturated heterocycles.